The number of Topliss-reactive ketones (excluding diaryl/α,β-unsaturated/α-hetero) is 1. The molecule has 3 aliphatic heterocycles. The molecule has 10 atom stereocenters. The van der Waals surface area contributed by atoms with Crippen LogP contribution in [-0.2, 0) is 72.4 Å². The highest BCUT2D eigenvalue weighted by molar-refractivity contribution is 8.76. The minimum Gasteiger partial charge on any atom is -0.494 e. The van der Waals surface area contributed by atoms with Crippen molar-refractivity contribution in [2.24, 2.45) is 11.8 Å². The van der Waals surface area contributed by atoms with Gasteiger partial charge >= 0.3 is 27.1 Å². The Balaban J connectivity index is -0.000000360. The van der Waals surface area contributed by atoms with Crippen molar-refractivity contribution >= 4 is 129 Å². The summed E-state index contributed by atoms with van der Waals surface area (Å²) in [5.41, 5.74) is 0.662. The highest BCUT2D eigenvalue weighted by atomic mass is 33.1. The molecule has 118 heavy (non-hydrogen) atoms. The van der Waals surface area contributed by atoms with Gasteiger partial charge in [-0.05, 0) is 99.8 Å². The van der Waals surface area contributed by atoms with Crippen LogP contribution in [0.1, 0.15) is 313 Å². The third-order valence-electron chi connectivity index (χ3n) is 17.8. The summed E-state index contributed by atoms with van der Waals surface area (Å²) in [5.74, 6) is 0.656. The van der Waals surface area contributed by atoms with E-state index in [9.17, 15) is 82.3 Å². The number of benzene rings is 2. The van der Waals surface area contributed by atoms with Crippen molar-refractivity contribution in [3.8, 4) is 5.75 Å². The van der Waals surface area contributed by atoms with Crippen LogP contribution in [0.4, 0.5) is 11.4 Å². The molecule has 38 heteroatoms. The Morgan fingerprint density at radius 3 is 1.68 bits per heavy atom. The average molecular weight is 1830 g/mol. The zero-order valence-corrected chi connectivity index (χ0v) is 81.8. The van der Waals surface area contributed by atoms with Gasteiger partial charge in [-0.1, -0.05) is 197 Å². The summed E-state index contributed by atoms with van der Waals surface area (Å²) in [6.07, 6.45) is 18.2. The summed E-state index contributed by atoms with van der Waals surface area (Å²) in [6.45, 7) is 31.6. The minimum absolute atomic E-state index is 0. The van der Waals surface area contributed by atoms with Crippen molar-refractivity contribution in [2.45, 2.75) is 316 Å². The normalized spacial score (nSPS) is 17.4. The van der Waals surface area contributed by atoms with E-state index >= 15 is 0 Å². The number of aromatic nitrogens is 2. The van der Waals surface area contributed by atoms with Crippen LogP contribution in [0.5, 0.6) is 5.75 Å². The first-order chi connectivity index (χ1) is 54.0. The van der Waals surface area contributed by atoms with E-state index in [0.29, 0.717) is 54.3 Å². The lowest BCUT2D eigenvalue weighted by molar-refractivity contribution is -0.385. The molecule has 7 unspecified atom stereocenters. The Kier molecular flexibility index (Phi) is 75.3. The number of imide groups is 2. The molecule has 2 aromatic carbocycles. The molecule has 30 nitrogen and oxygen atoms in total. The van der Waals surface area contributed by atoms with Gasteiger partial charge in [-0.15, -0.1) is 5.06 Å². The molecule has 7 rings (SSSR count). The predicted octanol–water partition coefficient (Wildman–Crippen LogP) is 18.8. The second-order valence-electron chi connectivity index (χ2n) is 26.5. The van der Waals surface area contributed by atoms with Crippen LogP contribution in [0, 0.1) is 32.1 Å². The number of aromatic amines is 1. The highest BCUT2D eigenvalue weighted by Crippen LogP contribution is 2.49. The number of phosphoric ester groups is 1. The van der Waals surface area contributed by atoms with Gasteiger partial charge in [0.1, 0.15) is 23.9 Å². The molecule has 4 N–H and O–H groups in total. The lowest BCUT2D eigenvalue weighted by Gasteiger charge is -2.30. The van der Waals surface area contributed by atoms with E-state index in [0.717, 1.165) is 41.9 Å². The fourth-order valence-corrected chi connectivity index (χ4v) is 15.6. The smallest absolute Gasteiger partial charge is 0.472 e. The van der Waals surface area contributed by atoms with Crippen LogP contribution < -0.4 is 21.3 Å². The number of nitro groups is 2. The molecule has 1 aromatic heterocycles. The lowest BCUT2D eigenvalue weighted by Crippen LogP contribution is -2.36. The first-order valence-electron chi connectivity index (χ1n) is 40.7. The number of hydrogen-bond donors (Lipinski definition) is 4. The largest absolute Gasteiger partial charge is 0.494 e. The summed E-state index contributed by atoms with van der Waals surface area (Å²) >= 11 is 0. The molecule has 684 valence electrons. The maximum absolute atomic E-state index is 13.1. The number of phosphoric acid groups is 1. The van der Waals surface area contributed by atoms with E-state index < -0.39 is 80.3 Å². The molecule has 4 fully saturated rings. The molecular weight excluding hydrogens is 1680 g/mol. The number of nitrogens with zero attached hydrogens (tertiary/aromatic N) is 5. The van der Waals surface area contributed by atoms with Gasteiger partial charge in [-0.2, -0.15) is 39.6 Å². The van der Waals surface area contributed by atoms with Crippen molar-refractivity contribution in [3.63, 3.8) is 0 Å². The summed E-state index contributed by atoms with van der Waals surface area (Å²) < 4.78 is 50.6. The predicted molar refractivity (Wildman–Crippen MR) is 494 cm³/mol. The van der Waals surface area contributed by atoms with Crippen LogP contribution in [0.25, 0.3) is 0 Å². The van der Waals surface area contributed by atoms with Crippen molar-refractivity contribution in [1.82, 2.24) is 24.8 Å². The van der Waals surface area contributed by atoms with Gasteiger partial charge in [0.2, 0.25) is 17.7 Å². The Morgan fingerprint density at radius 2 is 1.18 bits per heavy atom. The number of amides is 5. The molecular formula is C80H149N7O23P6S2. The van der Waals surface area contributed by atoms with Gasteiger partial charge in [-0.25, -0.2) is 14.2 Å². The fraction of sp³-hybridized carbons (Fsp3) is 0.713. The molecule has 0 spiro atoms. The zero-order valence-electron chi connectivity index (χ0n) is 72.7. The number of carbonyl (C=O) groups excluding carboxylic acids is 7. The van der Waals surface area contributed by atoms with Gasteiger partial charge in [0.05, 0.1) is 42.2 Å². The van der Waals surface area contributed by atoms with E-state index in [1.807, 2.05) is 82.2 Å². The van der Waals surface area contributed by atoms with Crippen molar-refractivity contribution in [2.75, 3.05) is 44.0 Å². The van der Waals surface area contributed by atoms with Crippen molar-refractivity contribution in [1.29, 1.82) is 0 Å². The number of likely N-dealkylation sites (tertiary alicyclic amines) is 1. The lowest BCUT2D eigenvalue weighted by atomic mass is 9.77. The average Bonchev–Trinajstić information content (AvgIpc) is 1.67. The monoisotopic (exact) mass is 1830 g/mol. The number of carbonyl (C=O) groups is 7. The molecule has 3 saturated heterocycles. The number of rotatable bonds is 42. The molecule has 4 heterocycles. The highest BCUT2D eigenvalue weighted by Gasteiger charge is 2.43. The molecule has 0 radical (unpaired) electrons. The Labute approximate surface area is 723 Å². The third kappa shape index (κ3) is 49.5. The van der Waals surface area contributed by atoms with Crippen LogP contribution in [0.3, 0.4) is 0 Å². The van der Waals surface area contributed by atoms with Gasteiger partial charge in [0.25, 0.3) is 28.7 Å². The van der Waals surface area contributed by atoms with Gasteiger partial charge < -0.3 is 33.9 Å². The van der Waals surface area contributed by atoms with E-state index in [4.69, 9.17) is 23.4 Å². The molecule has 1 aliphatic carbocycles. The van der Waals surface area contributed by atoms with Crippen LogP contribution in [0.2, 0.25) is 0 Å². The zero-order chi connectivity index (χ0) is 85.7. The van der Waals surface area contributed by atoms with E-state index in [2.05, 4.69) is 50.3 Å². The van der Waals surface area contributed by atoms with Crippen molar-refractivity contribution < 1.29 is 90.2 Å². The van der Waals surface area contributed by atoms with E-state index in [1.54, 1.807) is 13.0 Å². The summed E-state index contributed by atoms with van der Waals surface area (Å²) in [7, 11) is -4.06. The van der Waals surface area contributed by atoms with Crippen LogP contribution in [-0.4, -0.2) is 137 Å². The number of nitro benzene ring substituents is 2. The third-order valence-corrected chi connectivity index (χ3v) is 22.8. The number of ketones is 1. The standard InChI is InChI=1S/C29H35N3O10.C15H22N2O3.C14H30S2.C13H22N2O10P2.4C2H6.CH4.4H3P/c1-18(15-24(33)20-6-4-19(5-7-20)17-30-25(34)10-11-26(30)35)22-16-21(8-9-23(22)32(39)40)41-14-2-3-29(38)42-31-27(36)12-13-28(31)37;1-4-5-6-15(18)16-10-12-7-8-14(17(19)20)13(9-12)11(2)3;1-3-5-7-9-11-13-15-16-14-12-10-8-6-4-2;1-3-22-27(20,21)23-8-10-9(25-26(18,19)4-2)7-12(24-10)15-6-5-11(16)14-13(15)17;4*1-2;;;;;/h8-9,16,18-20H,2-7,10-15,17H2,1H3;7-9,11H,4-6,10H2,1-3H3,(H,16,18);3-14H2,1-2H3;5-6,9-10,12H,3-4,7-8H2,1-2H3,(H,18,19)(H,20,21)(H,14,16,17);4*1-2H3;1H4;4*1H3/t;;;9-,10-,12-;;;;;;;;;/m...1........./s1. The number of hydrogen-bond acceptors (Lipinski definition) is 23. The van der Waals surface area contributed by atoms with E-state index in [-0.39, 0.29) is 175 Å². The SMILES string of the molecule is C.CC.CC.CC.CC.CC(CC(=O)C1CCC(CN2C(=O)CCC2=O)CC1)c1cc(OCCCC(=O)ON2C(=O)CCC2=O)ccc1[N+](=O)[O-].CCCCC(=O)NCc1ccc([N+](=O)[O-])c(C(C)C)c1.CCCCCCCSSCCCCCCC.CCOP(=O)(O)OC[C@H]1O[C@@H](n2ccc(=O)[nH]c2=O)C[C@H]1OP(=O)(O)CC.P.P.P.P. The molecule has 1 saturated carbocycles. The maximum atomic E-state index is 13.1. The molecule has 4 aliphatic rings. The molecule has 0 bridgehead atoms. The number of nitrogens with one attached hydrogen (secondary N) is 2. The van der Waals surface area contributed by atoms with Crippen molar-refractivity contribution in [3.05, 3.63) is 106 Å². The first-order valence-corrected chi connectivity index (χ1v) is 46.4. The Hall–Kier alpha value is -4.75. The van der Waals surface area contributed by atoms with Gasteiger partial charge in [-0.3, -0.25) is 81.9 Å². The maximum Gasteiger partial charge on any atom is 0.472 e. The second-order valence-corrected chi connectivity index (χ2v) is 32.8. The Bertz CT molecular complexity index is 3510. The first kappa shape index (κ1) is 124. The van der Waals surface area contributed by atoms with Crippen LogP contribution >= 0.6 is 76.6 Å². The summed E-state index contributed by atoms with van der Waals surface area (Å²) in [4.78, 5) is 156. The van der Waals surface area contributed by atoms with E-state index in [1.165, 1.54) is 125 Å². The minimum atomic E-state index is -4.32. The number of ether oxygens (including phenoxy) is 2. The van der Waals surface area contributed by atoms with Crippen LogP contribution in [0.15, 0.2) is 58.3 Å². The summed E-state index contributed by atoms with van der Waals surface area (Å²) in [5, 5.41) is 26.0. The quantitative estimate of drug-likeness (QED) is 0.0102. The van der Waals surface area contributed by atoms with Gasteiger partial charge in [0, 0.05) is 117 Å². The van der Waals surface area contributed by atoms with Gasteiger partial charge in [0.15, 0.2) is 0 Å². The number of hydroxylamine groups is 2. The topological polar surface area (TPSA) is 409 Å². The molecule has 5 amide bonds. The molecule has 3 aromatic rings. The second kappa shape index (κ2) is 71.6. The fourth-order valence-electron chi connectivity index (χ4n) is 11.8. The number of H-pyrrole nitrogens is 1. The summed E-state index contributed by atoms with van der Waals surface area (Å²) in [6, 6.07) is 10.5. The number of unbranched alkanes of at least 4 members (excludes halogenated alkanes) is 9. The Morgan fingerprint density at radius 1 is 0.661 bits per heavy atom.